The number of aromatic nitrogens is 1. The molecule has 3 rings (SSSR count). The molecule has 0 spiro atoms. The van der Waals surface area contributed by atoms with Gasteiger partial charge in [0.25, 0.3) is 5.69 Å². The van der Waals surface area contributed by atoms with Gasteiger partial charge in [0.05, 0.1) is 10.3 Å². The second-order valence-corrected chi connectivity index (χ2v) is 4.43. The van der Waals surface area contributed by atoms with Crippen LogP contribution in [0.2, 0.25) is 0 Å². The quantitative estimate of drug-likeness (QED) is 0.450. The van der Waals surface area contributed by atoms with Crippen LogP contribution in [0.25, 0.3) is 10.8 Å². The average molecular weight is 281 g/mol. The molecular weight excluding hydrogens is 270 g/mol. The molecule has 3 aromatic rings. The predicted octanol–water partition coefficient (Wildman–Crippen LogP) is 3.52. The Morgan fingerprint density at radius 3 is 2.52 bits per heavy atom. The summed E-state index contributed by atoms with van der Waals surface area (Å²) in [6.07, 6.45) is 3.07. The third kappa shape index (κ3) is 2.46. The summed E-state index contributed by atoms with van der Waals surface area (Å²) in [7, 11) is 0. The van der Waals surface area contributed by atoms with Crippen LogP contribution in [-0.2, 0) is 0 Å². The number of hydrogen-bond donors (Lipinski definition) is 1. The van der Waals surface area contributed by atoms with E-state index in [0.717, 1.165) is 0 Å². The lowest BCUT2D eigenvalue weighted by Gasteiger charge is -2.09. The van der Waals surface area contributed by atoms with Crippen molar-refractivity contribution in [3.8, 4) is 11.5 Å². The third-order valence-corrected chi connectivity index (χ3v) is 3.06. The van der Waals surface area contributed by atoms with E-state index in [2.05, 4.69) is 4.98 Å². The van der Waals surface area contributed by atoms with E-state index in [1.165, 1.54) is 12.3 Å². The van der Waals surface area contributed by atoms with Crippen molar-refractivity contribution < 1.29 is 9.66 Å². The van der Waals surface area contributed by atoms with Crippen LogP contribution in [0.5, 0.6) is 11.5 Å². The number of ether oxygens (including phenoxy) is 1. The summed E-state index contributed by atoms with van der Waals surface area (Å²) in [5.41, 5.74) is 6.28. The Kier molecular flexibility index (Phi) is 3.12. The Balaban J connectivity index is 2.09. The number of nitro groups is 1. The molecule has 0 aliphatic rings. The van der Waals surface area contributed by atoms with Crippen molar-refractivity contribution in [1.82, 2.24) is 4.98 Å². The molecule has 104 valence electrons. The highest BCUT2D eigenvalue weighted by atomic mass is 16.6. The highest BCUT2D eigenvalue weighted by Gasteiger charge is 2.15. The number of nitro benzene ring substituents is 1. The normalized spacial score (nSPS) is 10.5. The van der Waals surface area contributed by atoms with Crippen LogP contribution in [-0.4, -0.2) is 9.91 Å². The minimum atomic E-state index is -0.421. The van der Waals surface area contributed by atoms with Gasteiger partial charge >= 0.3 is 0 Å². The second-order valence-electron chi connectivity index (χ2n) is 4.43. The lowest BCUT2D eigenvalue weighted by molar-refractivity contribution is -0.383. The standard InChI is InChI=1S/C15H11N3O3/c16-10-1-3-11(4-2-10)21-15-6-5-14(18(19)20)12-7-8-17-9-13(12)15/h1-9H,16H2. The van der Waals surface area contributed by atoms with Crippen molar-refractivity contribution in [2.24, 2.45) is 0 Å². The number of fused-ring (bicyclic) bond motifs is 1. The van der Waals surface area contributed by atoms with E-state index in [9.17, 15) is 10.1 Å². The molecule has 6 nitrogen and oxygen atoms in total. The number of rotatable bonds is 3. The third-order valence-electron chi connectivity index (χ3n) is 3.06. The number of non-ortho nitro benzene ring substituents is 1. The molecule has 1 heterocycles. The van der Waals surface area contributed by atoms with E-state index in [1.807, 2.05) is 0 Å². The fourth-order valence-electron chi connectivity index (χ4n) is 2.06. The van der Waals surface area contributed by atoms with Gasteiger partial charge in [0.1, 0.15) is 11.5 Å². The summed E-state index contributed by atoms with van der Waals surface area (Å²) in [4.78, 5) is 14.6. The van der Waals surface area contributed by atoms with E-state index in [1.54, 1.807) is 42.6 Å². The SMILES string of the molecule is Nc1ccc(Oc2ccc([N+](=O)[O-])c3ccncc23)cc1. The molecule has 0 atom stereocenters. The Morgan fingerprint density at radius 2 is 1.81 bits per heavy atom. The zero-order chi connectivity index (χ0) is 14.8. The van der Waals surface area contributed by atoms with E-state index < -0.39 is 4.92 Å². The molecule has 6 heteroatoms. The van der Waals surface area contributed by atoms with Gasteiger partial charge < -0.3 is 10.5 Å². The van der Waals surface area contributed by atoms with E-state index in [4.69, 9.17) is 10.5 Å². The molecular formula is C15H11N3O3. The lowest BCUT2D eigenvalue weighted by atomic mass is 10.1. The number of benzene rings is 2. The van der Waals surface area contributed by atoms with Crippen molar-refractivity contribution >= 4 is 22.1 Å². The van der Waals surface area contributed by atoms with Crippen LogP contribution in [0.1, 0.15) is 0 Å². The van der Waals surface area contributed by atoms with Crippen LogP contribution in [0.15, 0.2) is 54.9 Å². The van der Waals surface area contributed by atoms with Gasteiger partial charge in [-0.1, -0.05) is 0 Å². The topological polar surface area (TPSA) is 91.3 Å². The molecule has 0 saturated carbocycles. The zero-order valence-corrected chi connectivity index (χ0v) is 10.9. The Bertz CT molecular complexity index is 816. The largest absolute Gasteiger partial charge is 0.457 e. The number of hydrogen-bond acceptors (Lipinski definition) is 5. The Hall–Kier alpha value is -3.15. The van der Waals surface area contributed by atoms with Crippen molar-refractivity contribution in [3.63, 3.8) is 0 Å². The molecule has 0 aliphatic carbocycles. The first kappa shape index (κ1) is 12.9. The average Bonchev–Trinajstić information content (AvgIpc) is 2.49. The van der Waals surface area contributed by atoms with Gasteiger partial charge in [-0.25, -0.2) is 0 Å². The molecule has 21 heavy (non-hydrogen) atoms. The Morgan fingerprint density at radius 1 is 1.05 bits per heavy atom. The van der Waals surface area contributed by atoms with Gasteiger partial charge in [-0.05, 0) is 36.4 Å². The lowest BCUT2D eigenvalue weighted by Crippen LogP contribution is -1.93. The molecule has 1 aromatic heterocycles. The first-order chi connectivity index (χ1) is 10.1. The number of nitrogens with zero attached hydrogens (tertiary/aromatic N) is 2. The van der Waals surface area contributed by atoms with Crippen molar-refractivity contribution in [3.05, 3.63) is 65.0 Å². The number of nitrogens with two attached hydrogens (primary N) is 1. The molecule has 2 aromatic carbocycles. The van der Waals surface area contributed by atoms with Gasteiger partial charge in [0.15, 0.2) is 0 Å². The molecule has 0 amide bonds. The maximum Gasteiger partial charge on any atom is 0.277 e. The molecule has 0 aliphatic heterocycles. The number of anilines is 1. The molecule has 0 fully saturated rings. The van der Waals surface area contributed by atoms with Crippen LogP contribution in [0.4, 0.5) is 11.4 Å². The number of nitrogen functional groups attached to an aromatic ring is 1. The van der Waals surface area contributed by atoms with E-state index in [0.29, 0.717) is 28.0 Å². The van der Waals surface area contributed by atoms with Crippen LogP contribution < -0.4 is 10.5 Å². The van der Waals surface area contributed by atoms with Gasteiger partial charge in [-0.2, -0.15) is 0 Å². The van der Waals surface area contributed by atoms with Crippen molar-refractivity contribution in [2.45, 2.75) is 0 Å². The minimum Gasteiger partial charge on any atom is -0.457 e. The highest BCUT2D eigenvalue weighted by molar-refractivity contribution is 5.94. The van der Waals surface area contributed by atoms with Crippen molar-refractivity contribution in [1.29, 1.82) is 0 Å². The van der Waals surface area contributed by atoms with E-state index in [-0.39, 0.29) is 5.69 Å². The summed E-state index contributed by atoms with van der Waals surface area (Å²) in [5.74, 6) is 1.11. The van der Waals surface area contributed by atoms with Crippen LogP contribution in [0.3, 0.4) is 0 Å². The Labute approximate surface area is 119 Å². The molecule has 0 bridgehead atoms. The maximum atomic E-state index is 11.1. The maximum absolute atomic E-state index is 11.1. The van der Waals surface area contributed by atoms with Crippen LogP contribution in [0, 0.1) is 10.1 Å². The highest BCUT2D eigenvalue weighted by Crippen LogP contribution is 2.34. The summed E-state index contributed by atoms with van der Waals surface area (Å²) >= 11 is 0. The fourth-order valence-corrected chi connectivity index (χ4v) is 2.06. The summed E-state index contributed by atoms with van der Waals surface area (Å²) in [5, 5.41) is 12.1. The molecule has 0 radical (unpaired) electrons. The predicted molar refractivity (Wildman–Crippen MR) is 79.3 cm³/mol. The summed E-state index contributed by atoms with van der Waals surface area (Å²) < 4.78 is 5.76. The summed E-state index contributed by atoms with van der Waals surface area (Å²) in [6, 6.07) is 11.5. The first-order valence-electron chi connectivity index (χ1n) is 6.19. The van der Waals surface area contributed by atoms with E-state index >= 15 is 0 Å². The smallest absolute Gasteiger partial charge is 0.277 e. The van der Waals surface area contributed by atoms with Gasteiger partial charge in [0.2, 0.25) is 0 Å². The van der Waals surface area contributed by atoms with Gasteiger partial charge in [-0.3, -0.25) is 15.1 Å². The first-order valence-corrected chi connectivity index (χ1v) is 6.19. The second kappa shape index (κ2) is 5.09. The number of pyridine rings is 1. The van der Waals surface area contributed by atoms with Gasteiger partial charge in [0, 0.05) is 29.5 Å². The van der Waals surface area contributed by atoms with Gasteiger partial charge in [-0.15, -0.1) is 0 Å². The summed E-state index contributed by atoms with van der Waals surface area (Å²) in [6.45, 7) is 0. The molecule has 2 N–H and O–H groups in total. The monoisotopic (exact) mass is 281 g/mol. The minimum absolute atomic E-state index is 0.0251. The van der Waals surface area contributed by atoms with Crippen molar-refractivity contribution in [2.75, 3.05) is 5.73 Å². The van der Waals surface area contributed by atoms with Crippen LogP contribution >= 0.6 is 0 Å². The zero-order valence-electron chi connectivity index (χ0n) is 10.9. The molecule has 0 saturated heterocycles. The molecule has 0 unspecified atom stereocenters. The fraction of sp³-hybridized carbons (Fsp3) is 0.